The standard InChI is InChI=1S/C36H37F2N6O3S.BrH/c1-22(2)40-16-33(45)47-34-23(3)12-27(13-24(34)4)17-43-20-41-44(21-43)19-36(46,30-11-10-29(37)14-31(30)38)25(5)35-42-32(18-48-35)28-8-6-26(15-39)7-9-28;/h6-14,18,20-22,25,40,46H,16-17,19H2,1-5H3;1H/q+1;/p-1/t25-,36+;/m0./s1. The Kier molecular flexibility index (Phi) is 12.2. The smallest absolute Gasteiger partial charge is 0.325 e. The quantitative estimate of drug-likeness (QED) is 0.115. The zero-order valence-electron chi connectivity index (χ0n) is 27.7. The number of carbonyl (C=O) groups is 1. The second-order valence-electron chi connectivity index (χ2n) is 12.2. The van der Waals surface area contributed by atoms with Gasteiger partial charge in [0.1, 0.15) is 29.5 Å². The van der Waals surface area contributed by atoms with E-state index in [-0.39, 0.29) is 47.6 Å². The van der Waals surface area contributed by atoms with Gasteiger partial charge < -0.3 is 32.1 Å². The number of hydrogen-bond donors (Lipinski definition) is 2. The Morgan fingerprint density at radius 2 is 1.82 bits per heavy atom. The largest absolute Gasteiger partial charge is 1.00 e. The van der Waals surface area contributed by atoms with Crippen LogP contribution in [0.2, 0.25) is 0 Å². The van der Waals surface area contributed by atoms with E-state index < -0.39 is 23.2 Å². The molecule has 2 heterocycles. The summed E-state index contributed by atoms with van der Waals surface area (Å²) in [6, 6.07) is 16.3. The van der Waals surface area contributed by atoms with E-state index in [4.69, 9.17) is 15.0 Å². The molecule has 256 valence electrons. The molecule has 0 aliphatic carbocycles. The highest BCUT2D eigenvalue weighted by atomic mass is 79.9. The molecule has 0 amide bonds. The van der Waals surface area contributed by atoms with Crippen molar-refractivity contribution in [1.82, 2.24) is 20.1 Å². The van der Waals surface area contributed by atoms with Gasteiger partial charge in [-0.2, -0.15) is 5.26 Å². The third kappa shape index (κ3) is 8.82. The van der Waals surface area contributed by atoms with Crippen LogP contribution in [0.1, 0.15) is 59.5 Å². The fourth-order valence-corrected chi connectivity index (χ4v) is 6.52. The molecule has 0 spiro atoms. The number of thiazole rings is 1. The Balaban J connectivity index is 0.00000541. The summed E-state index contributed by atoms with van der Waals surface area (Å²) in [6.07, 6.45) is 3.31. The van der Waals surface area contributed by atoms with Crippen molar-refractivity contribution in [3.8, 4) is 23.1 Å². The number of benzene rings is 3. The molecule has 0 radical (unpaired) electrons. The van der Waals surface area contributed by atoms with Gasteiger partial charge in [-0.15, -0.1) is 16.0 Å². The Hall–Kier alpha value is -4.35. The second kappa shape index (κ2) is 15.9. The lowest BCUT2D eigenvalue weighted by molar-refractivity contribution is -0.689. The van der Waals surface area contributed by atoms with Gasteiger partial charge in [0.2, 0.25) is 6.33 Å². The number of nitrogens with one attached hydrogen (secondary N) is 1. The van der Waals surface area contributed by atoms with Crippen molar-refractivity contribution in [2.24, 2.45) is 0 Å². The van der Waals surface area contributed by atoms with Gasteiger partial charge in [0.25, 0.3) is 6.33 Å². The van der Waals surface area contributed by atoms with E-state index in [9.17, 15) is 14.3 Å². The van der Waals surface area contributed by atoms with Crippen LogP contribution in [0.5, 0.6) is 5.75 Å². The van der Waals surface area contributed by atoms with Crippen molar-refractivity contribution >= 4 is 17.3 Å². The summed E-state index contributed by atoms with van der Waals surface area (Å²) in [7, 11) is 0. The minimum Gasteiger partial charge on any atom is -1.00 e. The lowest BCUT2D eigenvalue weighted by atomic mass is 9.82. The monoisotopic (exact) mass is 750 g/mol. The minimum atomic E-state index is -1.86. The van der Waals surface area contributed by atoms with E-state index in [1.165, 1.54) is 22.1 Å². The van der Waals surface area contributed by atoms with Crippen molar-refractivity contribution in [2.75, 3.05) is 6.54 Å². The van der Waals surface area contributed by atoms with Crippen LogP contribution in [-0.2, 0) is 23.5 Å². The van der Waals surface area contributed by atoms with Crippen molar-refractivity contribution in [1.29, 1.82) is 5.26 Å². The first-order valence-electron chi connectivity index (χ1n) is 15.5. The van der Waals surface area contributed by atoms with Crippen LogP contribution in [0.15, 0.2) is 72.6 Å². The number of hydrogen-bond acceptors (Lipinski definition) is 8. The highest BCUT2D eigenvalue weighted by Gasteiger charge is 2.43. The number of rotatable bonds is 12. The summed E-state index contributed by atoms with van der Waals surface area (Å²) in [4.78, 5) is 17.1. The van der Waals surface area contributed by atoms with Gasteiger partial charge in [0.15, 0.2) is 0 Å². The SMILES string of the molecule is Cc1cc(C[n+]2cnn(C[C@](O)(c3ccc(F)cc3F)[C@@H](C)c3nc(-c4ccc(C#N)cc4)cs3)c2)cc(C)c1OC(=O)CNC(C)C.[Br-]. The third-order valence-corrected chi connectivity index (χ3v) is 9.13. The highest BCUT2D eigenvalue weighted by molar-refractivity contribution is 7.10. The van der Waals surface area contributed by atoms with Crippen molar-refractivity contribution < 1.29 is 45.0 Å². The van der Waals surface area contributed by atoms with Gasteiger partial charge in [-0.1, -0.05) is 39.0 Å². The highest BCUT2D eigenvalue weighted by Crippen LogP contribution is 2.41. The van der Waals surface area contributed by atoms with Crippen LogP contribution >= 0.6 is 11.3 Å². The van der Waals surface area contributed by atoms with Crippen LogP contribution < -0.4 is 31.6 Å². The molecule has 49 heavy (non-hydrogen) atoms. The number of ether oxygens (including phenoxy) is 1. The lowest BCUT2D eigenvalue weighted by Crippen LogP contribution is -3.00. The Morgan fingerprint density at radius 1 is 1.12 bits per heavy atom. The molecule has 13 heteroatoms. The van der Waals surface area contributed by atoms with E-state index in [1.54, 1.807) is 43.8 Å². The first kappa shape index (κ1) is 37.5. The molecular weight excluding hydrogens is 714 g/mol. The molecule has 0 unspecified atom stereocenters. The summed E-state index contributed by atoms with van der Waals surface area (Å²) >= 11 is 1.32. The molecule has 0 bridgehead atoms. The van der Waals surface area contributed by atoms with Crippen molar-refractivity contribution in [3.05, 3.63) is 117 Å². The first-order chi connectivity index (χ1) is 22.9. The lowest BCUT2D eigenvalue weighted by Gasteiger charge is -2.32. The van der Waals surface area contributed by atoms with E-state index in [1.807, 2.05) is 49.8 Å². The Labute approximate surface area is 298 Å². The molecule has 2 atom stereocenters. The Morgan fingerprint density at radius 3 is 2.45 bits per heavy atom. The molecule has 5 rings (SSSR count). The summed E-state index contributed by atoms with van der Waals surface area (Å²) in [6.45, 7) is 9.83. The molecule has 2 aromatic heterocycles. The van der Waals surface area contributed by atoms with Crippen LogP contribution in [0.3, 0.4) is 0 Å². The molecule has 5 aromatic rings. The molecule has 0 aliphatic heterocycles. The summed E-state index contributed by atoms with van der Waals surface area (Å²) in [5, 5.41) is 31.3. The topological polar surface area (TPSA) is 117 Å². The number of aryl methyl sites for hydroxylation is 2. The van der Waals surface area contributed by atoms with E-state index in [0.717, 1.165) is 34.4 Å². The van der Waals surface area contributed by atoms with Gasteiger partial charge in [-0.05, 0) is 60.9 Å². The molecule has 0 saturated carbocycles. The average Bonchev–Trinajstić information content (AvgIpc) is 3.71. The zero-order valence-corrected chi connectivity index (χ0v) is 30.1. The first-order valence-corrected chi connectivity index (χ1v) is 16.3. The molecule has 9 nitrogen and oxygen atoms in total. The number of aliphatic hydroxyl groups is 1. The number of halogens is 3. The van der Waals surface area contributed by atoms with E-state index in [0.29, 0.717) is 28.6 Å². The van der Waals surface area contributed by atoms with Gasteiger partial charge in [-0.25, -0.2) is 18.3 Å². The van der Waals surface area contributed by atoms with Crippen LogP contribution in [0.4, 0.5) is 8.78 Å². The maximum atomic E-state index is 15.3. The molecule has 0 fully saturated rings. The van der Waals surface area contributed by atoms with Crippen molar-refractivity contribution in [2.45, 2.75) is 65.3 Å². The summed E-state index contributed by atoms with van der Waals surface area (Å²) < 4.78 is 38.2. The minimum absolute atomic E-state index is 0. The van der Waals surface area contributed by atoms with Gasteiger partial charge in [-0.3, -0.25) is 4.79 Å². The maximum Gasteiger partial charge on any atom is 0.325 e. The number of nitriles is 1. The second-order valence-corrected chi connectivity index (χ2v) is 13.1. The summed E-state index contributed by atoms with van der Waals surface area (Å²) in [5.74, 6) is -2.18. The molecule has 0 aliphatic rings. The van der Waals surface area contributed by atoms with Crippen molar-refractivity contribution in [3.63, 3.8) is 0 Å². The number of nitrogens with zero attached hydrogens (tertiary/aromatic N) is 5. The normalized spacial score (nSPS) is 13.0. The van der Waals surface area contributed by atoms with Gasteiger partial charge in [0.05, 0.1) is 35.4 Å². The van der Waals surface area contributed by atoms with Crippen LogP contribution in [0.25, 0.3) is 11.3 Å². The third-order valence-electron chi connectivity index (χ3n) is 8.10. The predicted molar refractivity (Wildman–Crippen MR) is 177 cm³/mol. The van der Waals surface area contributed by atoms with Crippen LogP contribution in [0, 0.1) is 36.8 Å². The van der Waals surface area contributed by atoms with E-state index >= 15 is 4.39 Å². The van der Waals surface area contributed by atoms with Gasteiger partial charge >= 0.3 is 5.97 Å². The molecule has 3 aromatic carbocycles. The molecule has 0 saturated heterocycles. The molecule has 2 N–H and O–H groups in total. The number of aromatic nitrogens is 4. The van der Waals surface area contributed by atoms with Gasteiger partial charge in [0, 0.05) is 39.6 Å². The number of carbonyl (C=O) groups excluding carboxylic acids is 1. The number of esters is 1. The zero-order chi connectivity index (χ0) is 34.6. The average molecular weight is 752 g/mol. The fraction of sp³-hybridized carbons (Fsp3) is 0.306. The fourth-order valence-electron chi connectivity index (χ4n) is 5.55. The van der Waals surface area contributed by atoms with E-state index in [2.05, 4.69) is 16.5 Å². The van der Waals surface area contributed by atoms with Crippen LogP contribution in [-0.4, -0.2) is 38.4 Å². The Bertz CT molecular complexity index is 1950. The maximum absolute atomic E-state index is 15.3. The molecular formula is C36H37BrF2N6O3S. The predicted octanol–water partition coefficient (Wildman–Crippen LogP) is 2.71. The summed E-state index contributed by atoms with van der Waals surface area (Å²) in [5.41, 5.74) is 2.62.